The van der Waals surface area contributed by atoms with E-state index >= 15 is 0 Å². The van der Waals surface area contributed by atoms with Crippen LogP contribution in [0.2, 0.25) is 0 Å². The summed E-state index contributed by atoms with van der Waals surface area (Å²) in [5.74, 6) is 0. The molecule has 2 fully saturated rings. The maximum atomic E-state index is 9.45. The SMILES string of the molecule is O[C@@H]1CCC[C@H]2CC[C@@H]1O2. The third-order valence-corrected chi connectivity index (χ3v) is 2.60. The lowest BCUT2D eigenvalue weighted by atomic mass is 9.99. The zero-order valence-electron chi connectivity index (χ0n) is 6.12. The second-order valence-electron chi connectivity index (χ2n) is 3.37. The topological polar surface area (TPSA) is 29.5 Å². The van der Waals surface area contributed by atoms with E-state index in [1.807, 2.05) is 0 Å². The first-order valence-corrected chi connectivity index (χ1v) is 4.20. The molecule has 0 aliphatic carbocycles. The first kappa shape index (κ1) is 6.62. The van der Waals surface area contributed by atoms with E-state index in [1.54, 1.807) is 0 Å². The van der Waals surface area contributed by atoms with Gasteiger partial charge in [-0.2, -0.15) is 0 Å². The molecule has 0 aromatic carbocycles. The van der Waals surface area contributed by atoms with E-state index in [0.29, 0.717) is 6.10 Å². The molecule has 0 amide bonds. The molecule has 2 aliphatic rings. The van der Waals surface area contributed by atoms with Crippen LogP contribution in [-0.4, -0.2) is 23.4 Å². The van der Waals surface area contributed by atoms with Crippen molar-refractivity contribution in [3.05, 3.63) is 0 Å². The third kappa shape index (κ3) is 1.06. The summed E-state index contributed by atoms with van der Waals surface area (Å²) in [6.45, 7) is 0. The number of fused-ring (bicyclic) bond motifs is 2. The van der Waals surface area contributed by atoms with Gasteiger partial charge in [-0.05, 0) is 32.1 Å². The van der Waals surface area contributed by atoms with Crippen LogP contribution < -0.4 is 0 Å². The van der Waals surface area contributed by atoms with E-state index in [0.717, 1.165) is 25.7 Å². The highest BCUT2D eigenvalue weighted by atomic mass is 16.5. The van der Waals surface area contributed by atoms with Crippen LogP contribution >= 0.6 is 0 Å². The van der Waals surface area contributed by atoms with Gasteiger partial charge in [0.15, 0.2) is 0 Å². The molecule has 0 aromatic rings. The van der Waals surface area contributed by atoms with Crippen LogP contribution in [0.1, 0.15) is 32.1 Å². The lowest BCUT2D eigenvalue weighted by Crippen LogP contribution is -2.23. The van der Waals surface area contributed by atoms with Crippen LogP contribution in [0.3, 0.4) is 0 Å². The number of hydrogen-bond donors (Lipinski definition) is 1. The van der Waals surface area contributed by atoms with Crippen molar-refractivity contribution in [2.45, 2.75) is 50.4 Å². The molecule has 0 saturated carbocycles. The standard InChI is InChI=1S/C8H14O2/c9-7-3-1-2-6-4-5-8(7)10-6/h6-9H,1-5H2/t6-,7+,8-/m0/s1. The first-order valence-electron chi connectivity index (χ1n) is 4.20. The molecule has 10 heavy (non-hydrogen) atoms. The number of aliphatic hydroxyl groups excluding tert-OH is 1. The molecule has 0 radical (unpaired) electrons. The Morgan fingerprint density at radius 3 is 2.90 bits per heavy atom. The number of hydrogen-bond acceptors (Lipinski definition) is 2. The minimum Gasteiger partial charge on any atom is -0.390 e. The van der Waals surface area contributed by atoms with E-state index in [9.17, 15) is 5.11 Å². The smallest absolute Gasteiger partial charge is 0.0838 e. The van der Waals surface area contributed by atoms with Gasteiger partial charge in [-0.1, -0.05) is 0 Å². The maximum Gasteiger partial charge on any atom is 0.0838 e. The van der Waals surface area contributed by atoms with E-state index in [4.69, 9.17) is 4.74 Å². The van der Waals surface area contributed by atoms with E-state index in [2.05, 4.69) is 0 Å². The van der Waals surface area contributed by atoms with Crippen molar-refractivity contribution in [3.63, 3.8) is 0 Å². The highest BCUT2D eigenvalue weighted by Gasteiger charge is 2.32. The molecule has 0 aromatic heterocycles. The molecule has 2 heteroatoms. The Bertz CT molecular complexity index is 124. The van der Waals surface area contributed by atoms with Gasteiger partial charge in [-0.25, -0.2) is 0 Å². The molecule has 0 spiro atoms. The Balaban J connectivity index is 2.03. The van der Waals surface area contributed by atoms with Crippen LogP contribution in [0.15, 0.2) is 0 Å². The highest BCUT2D eigenvalue weighted by molar-refractivity contribution is 4.82. The Morgan fingerprint density at radius 2 is 2.00 bits per heavy atom. The predicted molar refractivity (Wildman–Crippen MR) is 37.8 cm³/mol. The van der Waals surface area contributed by atoms with Gasteiger partial charge < -0.3 is 9.84 Å². The van der Waals surface area contributed by atoms with Gasteiger partial charge in [0.2, 0.25) is 0 Å². The third-order valence-electron chi connectivity index (χ3n) is 2.60. The Labute approximate surface area is 61.2 Å². The minimum atomic E-state index is -0.174. The Morgan fingerprint density at radius 1 is 1.10 bits per heavy atom. The van der Waals surface area contributed by atoms with Crippen LogP contribution in [0, 0.1) is 0 Å². The van der Waals surface area contributed by atoms with Crippen molar-refractivity contribution in [3.8, 4) is 0 Å². The number of aliphatic hydroxyl groups is 1. The normalized spacial score (nSPS) is 47.1. The van der Waals surface area contributed by atoms with E-state index in [1.165, 1.54) is 6.42 Å². The summed E-state index contributed by atoms with van der Waals surface area (Å²) < 4.78 is 5.58. The summed E-state index contributed by atoms with van der Waals surface area (Å²) in [4.78, 5) is 0. The van der Waals surface area contributed by atoms with Crippen molar-refractivity contribution in [1.82, 2.24) is 0 Å². The number of rotatable bonds is 0. The zero-order valence-corrected chi connectivity index (χ0v) is 6.12. The molecule has 2 bridgehead atoms. The second-order valence-corrected chi connectivity index (χ2v) is 3.37. The molecule has 2 heterocycles. The van der Waals surface area contributed by atoms with Gasteiger partial charge in [-0.3, -0.25) is 0 Å². The van der Waals surface area contributed by atoms with Gasteiger partial charge in [0.1, 0.15) is 0 Å². The fraction of sp³-hybridized carbons (Fsp3) is 1.00. The van der Waals surface area contributed by atoms with Crippen molar-refractivity contribution in [2.24, 2.45) is 0 Å². The largest absolute Gasteiger partial charge is 0.390 e. The number of ether oxygens (including phenoxy) is 1. The monoisotopic (exact) mass is 142 g/mol. The minimum absolute atomic E-state index is 0.174. The zero-order chi connectivity index (χ0) is 6.97. The van der Waals surface area contributed by atoms with Crippen LogP contribution in [0.25, 0.3) is 0 Å². The summed E-state index contributed by atoms with van der Waals surface area (Å²) in [5, 5.41) is 9.45. The molecule has 2 nitrogen and oxygen atoms in total. The molecular weight excluding hydrogens is 128 g/mol. The van der Waals surface area contributed by atoms with Crippen molar-refractivity contribution < 1.29 is 9.84 Å². The second kappa shape index (κ2) is 2.51. The quantitative estimate of drug-likeness (QED) is 0.548. The van der Waals surface area contributed by atoms with Crippen LogP contribution in [0.4, 0.5) is 0 Å². The average Bonchev–Trinajstić information content (AvgIpc) is 2.27. The van der Waals surface area contributed by atoms with Gasteiger partial charge in [0, 0.05) is 0 Å². The lowest BCUT2D eigenvalue weighted by molar-refractivity contribution is -0.0206. The molecule has 2 rings (SSSR count). The van der Waals surface area contributed by atoms with E-state index in [-0.39, 0.29) is 12.2 Å². The highest BCUT2D eigenvalue weighted by Crippen LogP contribution is 2.30. The summed E-state index contributed by atoms with van der Waals surface area (Å²) in [6.07, 6.45) is 5.96. The molecule has 58 valence electrons. The summed E-state index contributed by atoms with van der Waals surface area (Å²) in [7, 11) is 0. The predicted octanol–water partition coefficient (Wildman–Crippen LogP) is 1.08. The average molecular weight is 142 g/mol. The molecule has 2 aliphatic heterocycles. The van der Waals surface area contributed by atoms with Gasteiger partial charge >= 0.3 is 0 Å². The summed E-state index contributed by atoms with van der Waals surface area (Å²) >= 11 is 0. The van der Waals surface area contributed by atoms with Gasteiger partial charge in [0.05, 0.1) is 18.3 Å². The van der Waals surface area contributed by atoms with Gasteiger partial charge in [0.25, 0.3) is 0 Å². The molecular formula is C8H14O2. The Kier molecular flexibility index (Phi) is 1.66. The summed E-state index contributed by atoms with van der Waals surface area (Å²) in [6, 6.07) is 0. The summed E-state index contributed by atoms with van der Waals surface area (Å²) in [5.41, 5.74) is 0. The Hall–Kier alpha value is -0.0800. The molecule has 0 unspecified atom stereocenters. The van der Waals surface area contributed by atoms with Crippen molar-refractivity contribution in [1.29, 1.82) is 0 Å². The lowest BCUT2D eigenvalue weighted by Gasteiger charge is -2.14. The van der Waals surface area contributed by atoms with Crippen molar-refractivity contribution >= 4 is 0 Å². The van der Waals surface area contributed by atoms with E-state index < -0.39 is 0 Å². The molecule has 3 atom stereocenters. The fourth-order valence-corrected chi connectivity index (χ4v) is 1.97. The van der Waals surface area contributed by atoms with Gasteiger partial charge in [-0.15, -0.1) is 0 Å². The molecule has 1 N–H and O–H groups in total. The van der Waals surface area contributed by atoms with Crippen molar-refractivity contribution in [2.75, 3.05) is 0 Å². The fourth-order valence-electron chi connectivity index (χ4n) is 1.97. The van der Waals surface area contributed by atoms with Crippen LogP contribution in [-0.2, 0) is 4.74 Å². The maximum absolute atomic E-state index is 9.45. The van der Waals surface area contributed by atoms with Crippen LogP contribution in [0.5, 0.6) is 0 Å². The molecule has 2 saturated heterocycles. The first-order chi connectivity index (χ1) is 4.86.